The number of amides is 1. The number of nitrogens with zero attached hydrogens (tertiary/aromatic N) is 4. The van der Waals surface area contributed by atoms with E-state index in [4.69, 9.17) is 4.74 Å². The van der Waals surface area contributed by atoms with E-state index in [1.54, 1.807) is 42.8 Å². The van der Waals surface area contributed by atoms with Gasteiger partial charge in [0.25, 0.3) is 5.91 Å². The number of nitrogens with one attached hydrogen (secondary N) is 1. The molecule has 9 heteroatoms. The highest BCUT2D eigenvalue weighted by Crippen LogP contribution is 2.25. The fraction of sp³-hybridized carbons (Fsp3) is 0.100. The number of thiazole rings is 1. The first-order valence-corrected chi connectivity index (χ1v) is 9.64. The highest BCUT2D eigenvalue weighted by Gasteiger charge is 2.19. The smallest absolute Gasteiger partial charge is 0.278 e. The molecular weight excluding hydrogens is 393 g/mol. The van der Waals surface area contributed by atoms with Crippen LogP contribution in [0.5, 0.6) is 5.75 Å². The van der Waals surface area contributed by atoms with Gasteiger partial charge in [-0.3, -0.25) is 4.79 Å². The molecule has 4 aromatic rings. The molecule has 0 aliphatic carbocycles. The van der Waals surface area contributed by atoms with Crippen LogP contribution < -0.4 is 10.1 Å². The molecule has 146 valence electrons. The molecule has 0 atom stereocenters. The normalized spacial score (nSPS) is 10.7. The lowest BCUT2D eigenvalue weighted by molar-refractivity contribution is 0.102. The molecule has 0 saturated heterocycles. The van der Waals surface area contributed by atoms with Crippen LogP contribution in [0.15, 0.2) is 59.4 Å². The van der Waals surface area contributed by atoms with Gasteiger partial charge in [0.2, 0.25) is 0 Å². The van der Waals surface area contributed by atoms with Gasteiger partial charge in [-0.1, -0.05) is 17.3 Å². The fourth-order valence-electron chi connectivity index (χ4n) is 2.70. The Balaban J connectivity index is 1.52. The second-order valence-corrected chi connectivity index (χ2v) is 6.85. The minimum atomic E-state index is -0.416. The molecule has 0 aliphatic rings. The number of carbonyl (C=O) groups excluding carboxylic acids is 1. The first-order chi connectivity index (χ1) is 14.1. The van der Waals surface area contributed by atoms with Crippen LogP contribution in [0.3, 0.4) is 0 Å². The van der Waals surface area contributed by atoms with E-state index < -0.39 is 5.91 Å². The number of aromatic nitrogens is 4. The van der Waals surface area contributed by atoms with Crippen molar-refractivity contribution in [3.05, 3.63) is 82.3 Å². The summed E-state index contributed by atoms with van der Waals surface area (Å²) < 4.78 is 20.4. The molecule has 0 unspecified atom stereocenters. The second-order valence-electron chi connectivity index (χ2n) is 6.13. The van der Waals surface area contributed by atoms with E-state index in [9.17, 15) is 9.18 Å². The average Bonchev–Trinajstić information content (AvgIpc) is 3.38. The molecule has 2 aromatic carbocycles. The van der Waals surface area contributed by atoms with Crippen LogP contribution >= 0.6 is 11.3 Å². The molecule has 0 bridgehead atoms. The van der Waals surface area contributed by atoms with Crippen LogP contribution in [-0.4, -0.2) is 25.9 Å². The van der Waals surface area contributed by atoms with E-state index in [2.05, 4.69) is 20.6 Å². The Morgan fingerprint density at radius 1 is 1.21 bits per heavy atom. The lowest BCUT2D eigenvalue weighted by Gasteiger charge is -2.11. The minimum Gasteiger partial charge on any atom is -0.485 e. The van der Waals surface area contributed by atoms with Gasteiger partial charge < -0.3 is 10.1 Å². The molecule has 1 N–H and O–H groups in total. The SMILES string of the molecule is Cc1c(C(=O)Nc2ccccc2OCc2cscn2)nnn1-c1ccc(F)cc1. The van der Waals surface area contributed by atoms with Gasteiger partial charge in [0.1, 0.15) is 18.2 Å². The van der Waals surface area contributed by atoms with Crippen molar-refractivity contribution in [1.29, 1.82) is 0 Å². The van der Waals surface area contributed by atoms with Crippen molar-refractivity contribution in [2.24, 2.45) is 0 Å². The van der Waals surface area contributed by atoms with E-state index in [1.807, 2.05) is 11.4 Å². The minimum absolute atomic E-state index is 0.170. The maximum atomic E-state index is 13.1. The maximum absolute atomic E-state index is 13.1. The third-order valence-corrected chi connectivity index (χ3v) is 4.81. The molecule has 29 heavy (non-hydrogen) atoms. The predicted octanol–water partition coefficient (Wildman–Crippen LogP) is 4.00. The van der Waals surface area contributed by atoms with Gasteiger partial charge >= 0.3 is 0 Å². The number of anilines is 1. The molecule has 0 spiro atoms. The number of hydrogen-bond acceptors (Lipinski definition) is 6. The van der Waals surface area contributed by atoms with Gasteiger partial charge in [0, 0.05) is 5.38 Å². The van der Waals surface area contributed by atoms with E-state index >= 15 is 0 Å². The molecule has 0 fully saturated rings. The van der Waals surface area contributed by atoms with E-state index in [0.29, 0.717) is 29.4 Å². The number of hydrogen-bond donors (Lipinski definition) is 1. The topological polar surface area (TPSA) is 81.9 Å². The van der Waals surface area contributed by atoms with Crippen molar-refractivity contribution < 1.29 is 13.9 Å². The monoisotopic (exact) mass is 409 g/mol. The Hall–Kier alpha value is -3.59. The Bertz CT molecular complexity index is 1130. The van der Waals surface area contributed by atoms with Crippen molar-refractivity contribution in [3.8, 4) is 11.4 Å². The van der Waals surface area contributed by atoms with E-state index in [-0.39, 0.29) is 11.5 Å². The van der Waals surface area contributed by atoms with Gasteiger partial charge in [-0.15, -0.1) is 16.4 Å². The lowest BCUT2D eigenvalue weighted by Crippen LogP contribution is -2.15. The van der Waals surface area contributed by atoms with Crippen molar-refractivity contribution in [1.82, 2.24) is 20.0 Å². The zero-order valence-electron chi connectivity index (χ0n) is 15.4. The molecule has 1 amide bonds. The summed E-state index contributed by atoms with van der Waals surface area (Å²) in [6, 6.07) is 12.9. The van der Waals surface area contributed by atoms with Crippen molar-refractivity contribution in [3.63, 3.8) is 0 Å². The highest BCUT2D eigenvalue weighted by molar-refractivity contribution is 7.07. The van der Waals surface area contributed by atoms with E-state index in [1.165, 1.54) is 28.2 Å². The van der Waals surface area contributed by atoms with Gasteiger partial charge in [-0.25, -0.2) is 14.1 Å². The molecule has 2 aromatic heterocycles. The van der Waals surface area contributed by atoms with Crippen LogP contribution in [-0.2, 0) is 6.61 Å². The largest absolute Gasteiger partial charge is 0.485 e. The number of rotatable bonds is 6. The van der Waals surface area contributed by atoms with Gasteiger partial charge in [-0.2, -0.15) is 0 Å². The van der Waals surface area contributed by atoms with Crippen LogP contribution in [0.4, 0.5) is 10.1 Å². The highest BCUT2D eigenvalue weighted by atomic mass is 32.1. The van der Waals surface area contributed by atoms with Crippen LogP contribution in [0, 0.1) is 12.7 Å². The van der Waals surface area contributed by atoms with Crippen molar-refractivity contribution in [2.75, 3.05) is 5.32 Å². The standard InChI is InChI=1S/C20H16FN5O2S/c1-13-19(24-25-26(13)16-8-6-14(21)7-9-16)20(27)23-17-4-2-3-5-18(17)28-10-15-11-29-12-22-15/h2-9,11-12H,10H2,1H3,(H,23,27). The van der Waals surface area contributed by atoms with Crippen LogP contribution in [0.25, 0.3) is 5.69 Å². The average molecular weight is 409 g/mol. The number of para-hydroxylation sites is 2. The Kier molecular flexibility index (Phi) is 5.30. The van der Waals surface area contributed by atoms with Crippen LogP contribution in [0.1, 0.15) is 21.9 Å². The summed E-state index contributed by atoms with van der Waals surface area (Å²) in [5.74, 6) is -0.239. The quantitative estimate of drug-likeness (QED) is 0.520. The Morgan fingerprint density at radius 3 is 2.76 bits per heavy atom. The third kappa shape index (κ3) is 4.14. The van der Waals surface area contributed by atoms with Crippen LogP contribution in [0.2, 0.25) is 0 Å². The Morgan fingerprint density at radius 2 is 2.00 bits per heavy atom. The lowest BCUT2D eigenvalue weighted by atomic mass is 10.2. The summed E-state index contributed by atoms with van der Waals surface area (Å²) in [6.07, 6.45) is 0. The summed E-state index contributed by atoms with van der Waals surface area (Å²) in [6.45, 7) is 2.03. The van der Waals surface area contributed by atoms with E-state index in [0.717, 1.165) is 5.69 Å². The first kappa shape index (κ1) is 18.8. The van der Waals surface area contributed by atoms with Gasteiger partial charge in [-0.05, 0) is 43.3 Å². The van der Waals surface area contributed by atoms with Crippen molar-refractivity contribution >= 4 is 22.9 Å². The molecule has 7 nitrogen and oxygen atoms in total. The predicted molar refractivity (Wildman–Crippen MR) is 107 cm³/mol. The number of carbonyl (C=O) groups is 1. The summed E-state index contributed by atoms with van der Waals surface area (Å²) in [7, 11) is 0. The number of ether oxygens (including phenoxy) is 1. The number of benzene rings is 2. The molecular formula is C20H16FN5O2S. The molecule has 0 aliphatic heterocycles. The summed E-state index contributed by atoms with van der Waals surface area (Å²) >= 11 is 1.49. The fourth-order valence-corrected chi connectivity index (χ4v) is 3.25. The summed E-state index contributed by atoms with van der Waals surface area (Å²) in [4.78, 5) is 16.9. The molecule has 2 heterocycles. The molecule has 0 radical (unpaired) electrons. The zero-order valence-corrected chi connectivity index (χ0v) is 16.2. The van der Waals surface area contributed by atoms with Gasteiger partial charge in [0.05, 0.1) is 28.3 Å². The third-order valence-electron chi connectivity index (χ3n) is 4.18. The first-order valence-electron chi connectivity index (χ1n) is 8.70. The molecule has 4 rings (SSSR count). The summed E-state index contributed by atoms with van der Waals surface area (Å²) in [5.41, 5.74) is 4.39. The van der Waals surface area contributed by atoms with Crippen molar-refractivity contribution in [2.45, 2.75) is 13.5 Å². The molecule has 0 saturated carbocycles. The Labute approximate surface area is 169 Å². The maximum Gasteiger partial charge on any atom is 0.278 e. The zero-order chi connectivity index (χ0) is 20.2. The van der Waals surface area contributed by atoms with Gasteiger partial charge in [0.15, 0.2) is 5.69 Å². The number of halogens is 1. The summed E-state index contributed by atoms with van der Waals surface area (Å²) in [5, 5.41) is 12.7. The second kappa shape index (κ2) is 8.19.